The van der Waals surface area contributed by atoms with E-state index in [-0.39, 0.29) is 7.43 Å². The van der Waals surface area contributed by atoms with E-state index in [1.54, 1.807) is 0 Å². The Kier molecular flexibility index (Phi) is 18.1. The number of benzene rings is 2. The second-order valence-electron chi connectivity index (χ2n) is 11.7. The molecule has 0 spiro atoms. The van der Waals surface area contributed by atoms with Crippen LogP contribution in [0.4, 0.5) is 11.4 Å². The summed E-state index contributed by atoms with van der Waals surface area (Å²) < 4.78 is 12.4. The second-order valence-corrected chi connectivity index (χ2v) is 20.8. The molecule has 0 unspecified atom stereocenters. The van der Waals surface area contributed by atoms with E-state index in [4.69, 9.17) is 18.8 Å². The van der Waals surface area contributed by atoms with Crippen LogP contribution in [0.1, 0.15) is 47.9 Å². The molecule has 2 aromatic rings. The maximum atomic E-state index is 6.18. The third-order valence-electron chi connectivity index (χ3n) is 5.89. The molecule has 8 heteroatoms. The summed E-state index contributed by atoms with van der Waals surface area (Å²) in [6.07, 6.45) is 3.56. The van der Waals surface area contributed by atoms with Gasteiger partial charge in [-0.15, -0.1) is 0 Å². The molecule has 0 aliphatic heterocycles. The number of halogens is 1. The fourth-order valence-corrected chi connectivity index (χ4v) is 5.51. The van der Waals surface area contributed by atoms with E-state index in [2.05, 4.69) is 131 Å². The summed E-state index contributed by atoms with van der Waals surface area (Å²) in [4.78, 5) is 10.6. The standard InChI is InChI=1S/C30H48N2O2Si2.CH3.BrH.Ni/c1-23-15-11-16-24(2)29(23)31-27(19-13-21-33-35(5,6)7)28(20-14-22-34-36(8,9)10)32-30-25(3)17-12-18-26(30)4;;;/h11-12,15-18H,13-14,19-22H2,1-10H3;1H3;1H;/q;-1;;+1/p-1. The van der Waals surface area contributed by atoms with Crippen LogP contribution >= 0.6 is 14.2 Å². The number of hydrogen-bond donors (Lipinski definition) is 0. The van der Waals surface area contributed by atoms with Gasteiger partial charge in [0.05, 0.1) is 22.8 Å². The van der Waals surface area contributed by atoms with Crippen molar-refractivity contribution in [3.05, 3.63) is 66.1 Å². The molecule has 2 rings (SSSR count). The third kappa shape index (κ3) is 15.1. The van der Waals surface area contributed by atoms with Gasteiger partial charge in [-0.1, -0.05) is 36.4 Å². The van der Waals surface area contributed by atoms with Crippen LogP contribution in [-0.4, -0.2) is 41.3 Å². The van der Waals surface area contributed by atoms with Gasteiger partial charge < -0.3 is 16.3 Å². The maximum absolute atomic E-state index is 6.18. The third-order valence-corrected chi connectivity index (χ3v) is 8.03. The van der Waals surface area contributed by atoms with E-state index in [0.29, 0.717) is 0 Å². The first-order chi connectivity index (χ1) is 17.8. The molecule has 39 heavy (non-hydrogen) atoms. The number of rotatable bonds is 13. The zero-order valence-electron chi connectivity index (χ0n) is 26.1. The van der Waals surface area contributed by atoms with Crippen molar-refractivity contribution in [3.63, 3.8) is 0 Å². The monoisotopic (exact) mass is 676 g/mol. The molecular weight excluding hydrogens is 627 g/mol. The van der Waals surface area contributed by atoms with Crippen molar-refractivity contribution in [1.29, 1.82) is 0 Å². The number of aliphatic imine (C=N–C) groups is 2. The van der Waals surface area contributed by atoms with Gasteiger partial charge in [0.1, 0.15) is 0 Å². The van der Waals surface area contributed by atoms with Crippen molar-refractivity contribution in [2.45, 2.75) is 92.7 Å². The molecular formula is C31H51BrN2NiO2Si2-. The zero-order chi connectivity index (χ0) is 28.9. The number of nitrogens with zero attached hydrogens (tertiary/aromatic N) is 2. The first-order valence-corrected chi connectivity index (χ1v) is 22.7. The average molecular weight is 679 g/mol. The topological polar surface area (TPSA) is 43.2 Å². The van der Waals surface area contributed by atoms with E-state index in [1.165, 1.54) is 22.3 Å². The van der Waals surface area contributed by atoms with Crippen LogP contribution in [0.3, 0.4) is 0 Å². The molecule has 0 amide bonds. The summed E-state index contributed by atoms with van der Waals surface area (Å²) in [6, 6.07) is 12.8. The summed E-state index contributed by atoms with van der Waals surface area (Å²) in [7, 11) is -3.10. The minimum absolute atomic E-state index is 0. The normalized spacial score (nSPS) is 12.5. The molecule has 223 valence electrons. The van der Waals surface area contributed by atoms with Crippen molar-refractivity contribution in [3.8, 4) is 0 Å². The van der Waals surface area contributed by atoms with Crippen LogP contribution in [0.2, 0.25) is 39.3 Å². The SMILES string of the molecule is Cc1cccc(C)c1N=C(CCCO[Si](C)(C)C)C(CCCO[Si](C)(C)C)=Nc1c(C)cccc1C.[CH3-].[Ni][Br]. The van der Waals surface area contributed by atoms with Gasteiger partial charge in [-0.25, -0.2) is 0 Å². The van der Waals surface area contributed by atoms with E-state index < -0.39 is 16.6 Å². The fourth-order valence-electron chi connectivity index (χ4n) is 4.00. The Balaban J connectivity index is 0.00000470. The molecule has 2 aromatic carbocycles. The molecule has 0 aromatic heterocycles. The summed E-state index contributed by atoms with van der Waals surface area (Å²) in [5.41, 5.74) is 9.04. The summed E-state index contributed by atoms with van der Waals surface area (Å²) in [6.45, 7) is 23.5. The Bertz CT molecular complexity index is 951. The molecule has 0 aliphatic carbocycles. The van der Waals surface area contributed by atoms with Crippen LogP contribution < -0.4 is 0 Å². The molecule has 0 saturated carbocycles. The molecule has 0 aliphatic rings. The van der Waals surface area contributed by atoms with Gasteiger partial charge in [-0.2, -0.15) is 0 Å². The van der Waals surface area contributed by atoms with E-state index >= 15 is 0 Å². The van der Waals surface area contributed by atoms with Gasteiger partial charge in [0.15, 0.2) is 16.6 Å². The zero-order valence-corrected chi connectivity index (χ0v) is 30.7. The summed E-state index contributed by atoms with van der Waals surface area (Å²) in [5, 5.41) is 0. The molecule has 0 fully saturated rings. The van der Waals surface area contributed by atoms with Crippen LogP contribution in [0.25, 0.3) is 0 Å². The second kappa shape index (κ2) is 18.5. The first kappa shape index (κ1) is 38.1. The van der Waals surface area contributed by atoms with Crippen LogP contribution in [0.15, 0.2) is 46.4 Å². The van der Waals surface area contributed by atoms with Gasteiger partial charge in [0.2, 0.25) is 0 Å². The van der Waals surface area contributed by atoms with Crippen molar-refractivity contribution < 1.29 is 22.5 Å². The Morgan fingerprint density at radius 2 is 0.923 bits per heavy atom. The van der Waals surface area contributed by atoms with E-state index in [1.807, 2.05) is 0 Å². The van der Waals surface area contributed by atoms with Gasteiger partial charge >= 0.3 is 27.9 Å². The van der Waals surface area contributed by atoms with Crippen LogP contribution in [0.5, 0.6) is 0 Å². The van der Waals surface area contributed by atoms with Gasteiger partial charge in [-0.3, -0.25) is 9.98 Å². The fraction of sp³-hybridized carbons (Fsp3) is 0.516. The molecule has 0 radical (unpaired) electrons. The summed E-state index contributed by atoms with van der Waals surface area (Å²) in [5.74, 6) is 0. The first-order valence-electron chi connectivity index (χ1n) is 13.4. The minimum atomic E-state index is -1.55. The van der Waals surface area contributed by atoms with Crippen molar-refractivity contribution in [2.75, 3.05) is 13.2 Å². The van der Waals surface area contributed by atoms with E-state index in [0.717, 1.165) is 61.7 Å². The van der Waals surface area contributed by atoms with Crippen molar-refractivity contribution >= 4 is 53.7 Å². The Morgan fingerprint density at radius 3 is 1.18 bits per heavy atom. The number of aryl methyl sites for hydroxylation is 4. The van der Waals surface area contributed by atoms with Crippen molar-refractivity contribution in [1.82, 2.24) is 0 Å². The number of hydrogen-bond acceptors (Lipinski definition) is 4. The summed E-state index contributed by atoms with van der Waals surface area (Å²) >= 11 is 6.25. The van der Waals surface area contributed by atoms with Crippen LogP contribution in [0, 0.1) is 35.1 Å². The predicted molar refractivity (Wildman–Crippen MR) is 178 cm³/mol. The number of para-hydroxylation sites is 2. The van der Waals surface area contributed by atoms with Gasteiger partial charge in [0.25, 0.3) is 0 Å². The molecule has 0 saturated heterocycles. The Labute approximate surface area is 256 Å². The average Bonchev–Trinajstić information content (AvgIpc) is 2.82. The molecule has 0 bridgehead atoms. The Hall–Kier alpha value is -0.893. The molecule has 0 heterocycles. The predicted octanol–water partition coefficient (Wildman–Crippen LogP) is 10.3. The van der Waals surface area contributed by atoms with E-state index in [9.17, 15) is 0 Å². The molecule has 0 N–H and O–H groups in total. The quantitative estimate of drug-likeness (QED) is 0.0916. The molecule has 4 nitrogen and oxygen atoms in total. The van der Waals surface area contributed by atoms with Crippen molar-refractivity contribution in [2.24, 2.45) is 9.98 Å². The Morgan fingerprint density at radius 1 is 0.641 bits per heavy atom. The molecule has 0 atom stereocenters. The van der Waals surface area contributed by atoms with Gasteiger partial charge in [-0.05, 0) is 115 Å². The van der Waals surface area contributed by atoms with Gasteiger partial charge in [0, 0.05) is 13.2 Å². The van der Waals surface area contributed by atoms with Crippen LogP contribution in [-0.2, 0) is 22.5 Å².